The highest BCUT2D eigenvalue weighted by molar-refractivity contribution is 9.10. The van der Waals surface area contributed by atoms with E-state index in [1.54, 1.807) is 44.2 Å². The topological polar surface area (TPSA) is 146 Å². The third-order valence-corrected chi connectivity index (χ3v) is 6.09. The number of urea groups is 1. The van der Waals surface area contributed by atoms with Gasteiger partial charge in [-0.1, -0.05) is 6.07 Å². The molecular formula is C26H29BrN4O8. The summed E-state index contributed by atoms with van der Waals surface area (Å²) >= 11 is 3.40. The van der Waals surface area contributed by atoms with E-state index in [4.69, 9.17) is 23.7 Å². The quantitative estimate of drug-likeness (QED) is 0.201. The molecule has 0 spiro atoms. The zero-order valence-electron chi connectivity index (χ0n) is 22.0. The summed E-state index contributed by atoms with van der Waals surface area (Å²) < 4.78 is 27.4. The van der Waals surface area contributed by atoms with Crippen molar-refractivity contribution in [2.45, 2.75) is 19.9 Å². The fourth-order valence-corrected chi connectivity index (χ4v) is 4.39. The van der Waals surface area contributed by atoms with Crippen molar-refractivity contribution < 1.29 is 38.1 Å². The van der Waals surface area contributed by atoms with E-state index in [-0.39, 0.29) is 24.5 Å². The number of carbonyl (C=O) groups excluding carboxylic acids is 3. The van der Waals surface area contributed by atoms with Crippen molar-refractivity contribution in [3.63, 3.8) is 0 Å². The summed E-state index contributed by atoms with van der Waals surface area (Å²) in [6.07, 6.45) is 1.45. The van der Waals surface area contributed by atoms with Crippen molar-refractivity contribution in [3.8, 4) is 23.0 Å². The van der Waals surface area contributed by atoms with E-state index in [0.29, 0.717) is 38.5 Å². The monoisotopic (exact) mass is 604 g/mol. The smallest absolute Gasteiger partial charge is 0.338 e. The molecule has 1 atom stereocenters. The molecule has 3 N–H and O–H groups in total. The maximum atomic E-state index is 12.6. The molecule has 3 rings (SSSR count). The molecule has 0 saturated carbocycles. The van der Waals surface area contributed by atoms with Gasteiger partial charge in [-0.05, 0) is 65.2 Å². The predicted molar refractivity (Wildman–Crippen MR) is 145 cm³/mol. The minimum atomic E-state index is -0.769. The van der Waals surface area contributed by atoms with Crippen molar-refractivity contribution in [1.29, 1.82) is 0 Å². The summed E-state index contributed by atoms with van der Waals surface area (Å²) in [5.74, 6) is 0.561. The lowest BCUT2D eigenvalue weighted by atomic mass is 9.95. The Bertz CT molecular complexity index is 1310. The van der Waals surface area contributed by atoms with Gasteiger partial charge < -0.3 is 34.3 Å². The van der Waals surface area contributed by atoms with Crippen LogP contribution in [0.25, 0.3) is 0 Å². The fourth-order valence-electron chi connectivity index (χ4n) is 3.77. The highest BCUT2D eigenvalue weighted by Crippen LogP contribution is 2.36. The summed E-state index contributed by atoms with van der Waals surface area (Å²) in [6.45, 7) is 3.16. The van der Waals surface area contributed by atoms with Crippen LogP contribution in [0.2, 0.25) is 0 Å². The minimum absolute atomic E-state index is 0.185. The highest BCUT2D eigenvalue weighted by Gasteiger charge is 2.32. The lowest BCUT2D eigenvalue weighted by Crippen LogP contribution is -2.45. The molecule has 0 bridgehead atoms. The molecule has 0 aromatic heterocycles. The first kappa shape index (κ1) is 29.3. The van der Waals surface area contributed by atoms with E-state index in [1.165, 1.54) is 27.5 Å². The number of ether oxygens (including phenoxy) is 5. The molecule has 1 aliphatic rings. The van der Waals surface area contributed by atoms with Crippen LogP contribution in [-0.4, -0.2) is 58.7 Å². The third-order valence-electron chi connectivity index (χ3n) is 5.50. The Hall–Kier alpha value is -4.26. The average Bonchev–Trinajstić information content (AvgIpc) is 2.91. The molecule has 0 saturated heterocycles. The summed E-state index contributed by atoms with van der Waals surface area (Å²) in [5.41, 5.74) is 4.27. The van der Waals surface area contributed by atoms with Crippen LogP contribution in [0.4, 0.5) is 4.79 Å². The molecule has 13 heteroatoms. The van der Waals surface area contributed by atoms with E-state index < -0.39 is 23.9 Å². The van der Waals surface area contributed by atoms with Gasteiger partial charge in [0.2, 0.25) is 0 Å². The Morgan fingerprint density at radius 1 is 1.08 bits per heavy atom. The van der Waals surface area contributed by atoms with E-state index in [0.717, 1.165) is 0 Å². The van der Waals surface area contributed by atoms with Crippen LogP contribution in [0.5, 0.6) is 23.0 Å². The number of nitrogens with zero attached hydrogens (tertiary/aromatic N) is 1. The molecule has 2 aromatic carbocycles. The van der Waals surface area contributed by atoms with Crippen molar-refractivity contribution in [2.24, 2.45) is 5.10 Å². The number of esters is 1. The van der Waals surface area contributed by atoms with Crippen molar-refractivity contribution in [2.75, 3.05) is 34.5 Å². The number of hydrogen-bond donors (Lipinski definition) is 3. The van der Waals surface area contributed by atoms with Crippen LogP contribution in [0.15, 0.2) is 51.2 Å². The van der Waals surface area contributed by atoms with Crippen molar-refractivity contribution in [3.05, 3.63) is 57.2 Å². The molecule has 1 heterocycles. The molecule has 0 unspecified atom stereocenters. The average molecular weight is 605 g/mol. The number of benzene rings is 2. The number of allylic oxidation sites excluding steroid dienone is 1. The number of amides is 3. The molecule has 39 heavy (non-hydrogen) atoms. The minimum Gasteiger partial charge on any atom is -0.493 e. The summed E-state index contributed by atoms with van der Waals surface area (Å²) in [4.78, 5) is 37.0. The van der Waals surface area contributed by atoms with Crippen molar-refractivity contribution in [1.82, 2.24) is 16.1 Å². The van der Waals surface area contributed by atoms with Gasteiger partial charge >= 0.3 is 12.0 Å². The van der Waals surface area contributed by atoms with Crippen molar-refractivity contribution >= 4 is 40.1 Å². The zero-order chi connectivity index (χ0) is 28.5. The second-order valence-corrected chi connectivity index (χ2v) is 8.88. The standard InChI is InChI=1S/C26H29BrN4O8/c1-6-38-25(33)22-14(2)29-26(34)30-23(22)16-7-8-18(19(11-16)35-3)39-13-21(32)31-28-12-15-9-17(27)24(37-5)20(10-15)36-4/h7-12,23H,6,13H2,1-5H3,(H,31,32)(H2,29,30,34)/b28-12-/t23-/m0/s1. The zero-order valence-corrected chi connectivity index (χ0v) is 23.6. The third kappa shape index (κ3) is 7.19. The number of nitrogens with one attached hydrogen (secondary N) is 3. The normalized spacial score (nSPS) is 14.8. The van der Waals surface area contributed by atoms with E-state index in [1.807, 2.05) is 0 Å². The summed E-state index contributed by atoms with van der Waals surface area (Å²) in [6, 6.07) is 7.09. The van der Waals surface area contributed by atoms with Gasteiger partial charge in [-0.3, -0.25) is 4.79 Å². The largest absolute Gasteiger partial charge is 0.493 e. The van der Waals surface area contributed by atoms with Gasteiger partial charge in [0.15, 0.2) is 29.6 Å². The lowest BCUT2D eigenvalue weighted by Gasteiger charge is -2.28. The number of carbonyl (C=O) groups is 3. The first-order valence-electron chi connectivity index (χ1n) is 11.7. The van der Waals surface area contributed by atoms with Crippen LogP contribution in [0, 0.1) is 0 Å². The second kappa shape index (κ2) is 13.5. The molecule has 0 radical (unpaired) electrons. The molecule has 0 fully saturated rings. The van der Waals surface area contributed by atoms with E-state index in [2.05, 4.69) is 37.1 Å². The van der Waals surface area contributed by atoms with Crippen LogP contribution >= 0.6 is 15.9 Å². The summed E-state index contributed by atoms with van der Waals surface area (Å²) in [7, 11) is 4.49. The van der Waals surface area contributed by atoms with Crippen LogP contribution < -0.4 is 35.0 Å². The predicted octanol–water partition coefficient (Wildman–Crippen LogP) is 3.20. The molecule has 2 aromatic rings. The van der Waals surface area contributed by atoms with E-state index >= 15 is 0 Å². The summed E-state index contributed by atoms with van der Waals surface area (Å²) in [5, 5.41) is 9.26. The van der Waals surface area contributed by atoms with Gasteiger partial charge in [0, 0.05) is 5.70 Å². The maximum Gasteiger partial charge on any atom is 0.338 e. The Kier molecular flexibility index (Phi) is 10.1. The van der Waals surface area contributed by atoms with Gasteiger partial charge in [0.25, 0.3) is 5.91 Å². The maximum absolute atomic E-state index is 12.6. The Morgan fingerprint density at radius 2 is 1.82 bits per heavy atom. The van der Waals surface area contributed by atoms with Gasteiger partial charge in [-0.2, -0.15) is 5.10 Å². The highest BCUT2D eigenvalue weighted by atomic mass is 79.9. The first-order chi connectivity index (χ1) is 18.7. The number of hydrogen-bond acceptors (Lipinski definition) is 9. The lowest BCUT2D eigenvalue weighted by molar-refractivity contribution is -0.139. The van der Waals surface area contributed by atoms with Gasteiger partial charge in [0.05, 0.1) is 50.2 Å². The van der Waals surface area contributed by atoms with Gasteiger partial charge in [-0.25, -0.2) is 15.0 Å². The number of methoxy groups -OCH3 is 3. The molecule has 0 aliphatic carbocycles. The Labute approximate surface area is 233 Å². The molecule has 12 nitrogen and oxygen atoms in total. The molecule has 1 aliphatic heterocycles. The fraction of sp³-hybridized carbons (Fsp3) is 0.308. The number of halogens is 1. The number of hydrazone groups is 1. The first-order valence-corrected chi connectivity index (χ1v) is 12.5. The number of rotatable bonds is 11. The molecule has 208 valence electrons. The van der Waals surface area contributed by atoms with Gasteiger partial charge in [0.1, 0.15) is 0 Å². The van der Waals surface area contributed by atoms with E-state index in [9.17, 15) is 14.4 Å². The SMILES string of the molecule is CCOC(=O)C1=C(C)NC(=O)N[C@H]1c1ccc(OCC(=O)N/N=C\c2cc(Br)c(OC)c(OC)c2)c(OC)c1. The van der Waals surface area contributed by atoms with Crippen LogP contribution in [0.1, 0.15) is 31.0 Å². The Morgan fingerprint density at radius 3 is 2.49 bits per heavy atom. The molecule has 3 amide bonds. The Balaban J connectivity index is 1.68. The van der Waals surface area contributed by atoms with Gasteiger partial charge in [-0.15, -0.1) is 0 Å². The van der Waals surface area contributed by atoms with Crippen LogP contribution in [-0.2, 0) is 14.3 Å². The second-order valence-electron chi connectivity index (χ2n) is 8.02. The van der Waals surface area contributed by atoms with Crippen LogP contribution in [0.3, 0.4) is 0 Å². The molecular weight excluding hydrogens is 576 g/mol.